The van der Waals surface area contributed by atoms with E-state index in [0.717, 1.165) is 52.0 Å². The van der Waals surface area contributed by atoms with Gasteiger partial charge in [-0.05, 0) is 38.6 Å². The van der Waals surface area contributed by atoms with Crippen LogP contribution in [-0.2, 0) is 9.53 Å². The first-order chi connectivity index (χ1) is 8.77. The van der Waals surface area contributed by atoms with Crippen LogP contribution < -0.4 is 5.32 Å². The number of ether oxygens (including phenoxy) is 1. The van der Waals surface area contributed by atoms with Gasteiger partial charge in [0.1, 0.15) is 0 Å². The van der Waals surface area contributed by atoms with Gasteiger partial charge >= 0.3 is 0 Å². The van der Waals surface area contributed by atoms with Gasteiger partial charge in [-0.2, -0.15) is 0 Å². The van der Waals surface area contributed by atoms with Crippen LogP contribution in [0, 0.1) is 5.41 Å². The highest BCUT2D eigenvalue weighted by Crippen LogP contribution is 2.36. The van der Waals surface area contributed by atoms with E-state index in [1.807, 2.05) is 0 Å². The molecule has 3 fully saturated rings. The van der Waals surface area contributed by atoms with Crippen LogP contribution in [-0.4, -0.2) is 49.7 Å². The van der Waals surface area contributed by atoms with E-state index in [1.54, 1.807) is 0 Å². The molecule has 2 atom stereocenters. The molecule has 102 valence electrons. The monoisotopic (exact) mass is 252 g/mol. The first-order valence-corrected chi connectivity index (χ1v) is 7.38. The summed E-state index contributed by atoms with van der Waals surface area (Å²) in [5.41, 5.74) is 0.402. The molecule has 0 aliphatic carbocycles. The molecule has 4 heteroatoms. The van der Waals surface area contributed by atoms with Crippen molar-refractivity contribution in [2.24, 2.45) is 5.41 Å². The van der Waals surface area contributed by atoms with E-state index in [4.69, 9.17) is 4.74 Å². The highest BCUT2D eigenvalue weighted by molar-refractivity contribution is 5.76. The lowest BCUT2D eigenvalue weighted by molar-refractivity contribution is -0.131. The summed E-state index contributed by atoms with van der Waals surface area (Å²) in [6.45, 7) is 5.05. The van der Waals surface area contributed by atoms with Gasteiger partial charge in [-0.25, -0.2) is 0 Å². The predicted octanol–water partition coefficient (Wildman–Crippen LogP) is 1.16. The maximum atomic E-state index is 12.2. The number of rotatable bonds is 3. The SMILES string of the molecule is O=C(CCC1CCCO1)N1CCC2(CCNC2)C1. The molecular weight excluding hydrogens is 228 g/mol. The lowest BCUT2D eigenvalue weighted by atomic mass is 9.86. The minimum Gasteiger partial charge on any atom is -0.378 e. The molecule has 3 aliphatic heterocycles. The number of nitrogens with zero attached hydrogens (tertiary/aromatic N) is 1. The first-order valence-electron chi connectivity index (χ1n) is 7.38. The molecule has 2 unspecified atom stereocenters. The van der Waals surface area contributed by atoms with Crippen molar-refractivity contribution in [3.63, 3.8) is 0 Å². The van der Waals surface area contributed by atoms with Gasteiger partial charge in [0.15, 0.2) is 0 Å². The summed E-state index contributed by atoms with van der Waals surface area (Å²) in [5.74, 6) is 0.342. The van der Waals surface area contributed by atoms with E-state index >= 15 is 0 Å². The van der Waals surface area contributed by atoms with Crippen LogP contribution in [0.4, 0.5) is 0 Å². The lowest BCUT2D eigenvalue weighted by Gasteiger charge is -2.23. The topological polar surface area (TPSA) is 41.6 Å². The smallest absolute Gasteiger partial charge is 0.222 e. The predicted molar refractivity (Wildman–Crippen MR) is 69.3 cm³/mol. The van der Waals surface area contributed by atoms with Crippen LogP contribution in [0.2, 0.25) is 0 Å². The normalized spacial score (nSPS) is 35.8. The van der Waals surface area contributed by atoms with Gasteiger partial charge in [0, 0.05) is 38.1 Å². The molecule has 4 nitrogen and oxygen atoms in total. The second kappa shape index (κ2) is 5.17. The molecular formula is C14H24N2O2. The minimum absolute atomic E-state index is 0.342. The van der Waals surface area contributed by atoms with Gasteiger partial charge in [0.05, 0.1) is 6.10 Å². The number of nitrogens with one attached hydrogen (secondary N) is 1. The third kappa shape index (κ3) is 2.54. The second-order valence-corrected chi connectivity index (χ2v) is 6.17. The fourth-order valence-electron chi connectivity index (χ4n) is 3.61. The number of carbonyl (C=O) groups is 1. The van der Waals surface area contributed by atoms with Crippen LogP contribution in [0.5, 0.6) is 0 Å². The average molecular weight is 252 g/mol. The van der Waals surface area contributed by atoms with Crippen molar-refractivity contribution >= 4 is 5.91 Å². The van der Waals surface area contributed by atoms with E-state index in [-0.39, 0.29) is 0 Å². The van der Waals surface area contributed by atoms with Crippen molar-refractivity contribution in [3.8, 4) is 0 Å². The van der Waals surface area contributed by atoms with E-state index < -0.39 is 0 Å². The molecule has 3 heterocycles. The molecule has 3 saturated heterocycles. The summed E-state index contributed by atoms with van der Waals surface area (Å²) in [7, 11) is 0. The Morgan fingerprint density at radius 2 is 2.39 bits per heavy atom. The van der Waals surface area contributed by atoms with Gasteiger partial charge in [0.25, 0.3) is 0 Å². The van der Waals surface area contributed by atoms with Crippen LogP contribution in [0.25, 0.3) is 0 Å². The average Bonchev–Trinajstić information content (AvgIpc) is 3.10. The number of amides is 1. The number of likely N-dealkylation sites (tertiary alicyclic amines) is 1. The first kappa shape index (κ1) is 12.4. The Morgan fingerprint density at radius 3 is 3.11 bits per heavy atom. The summed E-state index contributed by atoms with van der Waals surface area (Å²) >= 11 is 0. The fourth-order valence-corrected chi connectivity index (χ4v) is 3.61. The number of carbonyl (C=O) groups excluding carboxylic acids is 1. The summed E-state index contributed by atoms with van der Waals surface area (Å²) in [4.78, 5) is 14.3. The Bertz CT molecular complexity index is 307. The van der Waals surface area contributed by atoms with E-state index in [0.29, 0.717) is 23.8 Å². The number of hydrogen-bond acceptors (Lipinski definition) is 3. The summed E-state index contributed by atoms with van der Waals surface area (Å²) < 4.78 is 5.58. The summed E-state index contributed by atoms with van der Waals surface area (Å²) in [5, 5.41) is 3.43. The van der Waals surface area contributed by atoms with E-state index in [9.17, 15) is 4.79 Å². The second-order valence-electron chi connectivity index (χ2n) is 6.17. The molecule has 1 spiro atoms. The minimum atomic E-state index is 0.342. The molecule has 0 aromatic heterocycles. The number of hydrogen-bond donors (Lipinski definition) is 1. The standard InChI is InChI=1S/C14H24N2O2/c17-13(4-3-12-2-1-9-18-12)16-8-6-14(11-16)5-7-15-10-14/h12,15H,1-11H2. The van der Waals surface area contributed by atoms with Gasteiger partial charge < -0.3 is 15.0 Å². The third-order valence-corrected chi connectivity index (χ3v) is 4.83. The van der Waals surface area contributed by atoms with Crippen LogP contribution >= 0.6 is 0 Å². The maximum Gasteiger partial charge on any atom is 0.222 e. The summed E-state index contributed by atoms with van der Waals surface area (Å²) in [6, 6.07) is 0. The third-order valence-electron chi connectivity index (χ3n) is 4.83. The molecule has 0 aromatic rings. The van der Waals surface area contributed by atoms with Crippen LogP contribution in [0.15, 0.2) is 0 Å². The van der Waals surface area contributed by atoms with Crippen molar-refractivity contribution < 1.29 is 9.53 Å². The molecule has 1 amide bonds. The van der Waals surface area contributed by atoms with Crippen molar-refractivity contribution in [1.82, 2.24) is 10.2 Å². The Balaban J connectivity index is 1.45. The van der Waals surface area contributed by atoms with Gasteiger partial charge in [-0.15, -0.1) is 0 Å². The van der Waals surface area contributed by atoms with Gasteiger partial charge in [-0.1, -0.05) is 0 Å². The van der Waals surface area contributed by atoms with Crippen LogP contribution in [0.3, 0.4) is 0 Å². The van der Waals surface area contributed by atoms with Crippen molar-refractivity contribution in [2.75, 3.05) is 32.8 Å². The highest BCUT2D eigenvalue weighted by Gasteiger charge is 2.41. The zero-order chi connectivity index (χ0) is 12.4. The molecule has 0 aromatic carbocycles. The maximum absolute atomic E-state index is 12.2. The Kier molecular flexibility index (Phi) is 3.57. The zero-order valence-electron chi connectivity index (χ0n) is 11.1. The Labute approximate surface area is 109 Å². The molecule has 3 rings (SSSR count). The Morgan fingerprint density at radius 1 is 1.44 bits per heavy atom. The van der Waals surface area contributed by atoms with Crippen molar-refractivity contribution in [1.29, 1.82) is 0 Å². The molecule has 0 bridgehead atoms. The molecule has 1 N–H and O–H groups in total. The summed E-state index contributed by atoms with van der Waals surface area (Å²) in [6.07, 6.45) is 6.67. The lowest BCUT2D eigenvalue weighted by Crippen LogP contribution is -2.33. The van der Waals surface area contributed by atoms with Crippen molar-refractivity contribution in [3.05, 3.63) is 0 Å². The van der Waals surface area contributed by atoms with Gasteiger partial charge in [-0.3, -0.25) is 4.79 Å². The molecule has 0 radical (unpaired) electrons. The fraction of sp³-hybridized carbons (Fsp3) is 0.929. The molecule has 3 aliphatic rings. The zero-order valence-corrected chi connectivity index (χ0v) is 11.1. The van der Waals surface area contributed by atoms with E-state index in [1.165, 1.54) is 12.8 Å². The largest absolute Gasteiger partial charge is 0.378 e. The molecule has 18 heavy (non-hydrogen) atoms. The van der Waals surface area contributed by atoms with E-state index in [2.05, 4.69) is 10.2 Å². The van der Waals surface area contributed by atoms with Crippen molar-refractivity contribution in [2.45, 2.75) is 44.6 Å². The quantitative estimate of drug-likeness (QED) is 0.819. The van der Waals surface area contributed by atoms with Crippen LogP contribution in [0.1, 0.15) is 38.5 Å². The van der Waals surface area contributed by atoms with Gasteiger partial charge in [0.2, 0.25) is 5.91 Å². The highest BCUT2D eigenvalue weighted by atomic mass is 16.5. The molecule has 0 saturated carbocycles. The Hall–Kier alpha value is -0.610.